The van der Waals surface area contributed by atoms with E-state index in [4.69, 9.17) is 0 Å². The molecule has 0 unspecified atom stereocenters. The van der Waals surface area contributed by atoms with Crippen LogP contribution in [0.25, 0.3) is 0 Å². The van der Waals surface area contributed by atoms with Gasteiger partial charge in [-0.15, -0.1) is 0 Å². The second kappa shape index (κ2) is 7.31. The van der Waals surface area contributed by atoms with Crippen molar-refractivity contribution in [3.8, 4) is 12.1 Å². The van der Waals surface area contributed by atoms with Crippen molar-refractivity contribution in [1.29, 1.82) is 10.5 Å². The first kappa shape index (κ1) is 18.2. The third kappa shape index (κ3) is 3.23. The van der Waals surface area contributed by atoms with Gasteiger partial charge >= 0.3 is 0 Å². The topological polar surface area (TPSA) is 93.8 Å². The molecule has 1 fully saturated rings. The zero-order valence-corrected chi connectivity index (χ0v) is 14.7. The second-order valence-corrected chi connectivity index (χ2v) is 7.43. The average Bonchev–Trinajstić information content (AvgIpc) is 3.09. The molecule has 0 bridgehead atoms. The molecule has 0 aromatic heterocycles. The molecule has 1 atom stereocenters. The van der Waals surface area contributed by atoms with E-state index in [0.29, 0.717) is 23.4 Å². The van der Waals surface area contributed by atoms with Gasteiger partial charge in [0.25, 0.3) is 0 Å². The molecule has 3 rings (SSSR count). The zero-order valence-electron chi connectivity index (χ0n) is 13.9. The molecule has 1 heterocycles. The lowest BCUT2D eigenvalue weighted by Gasteiger charge is -2.39. The molecule has 1 aliphatic carbocycles. The average molecular weight is 369 g/mol. The molecule has 0 amide bonds. The second-order valence-electron chi connectivity index (χ2n) is 6.45. The van der Waals surface area contributed by atoms with E-state index in [2.05, 4.69) is 11.4 Å². The Bertz CT molecular complexity index is 858. The maximum atomic E-state index is 13.0. The third-order valence-electron chi connectivity index (χ3n) is 4.90. The molecular formula is C19H16FN3O2S. The summed E-state index contributed by atoms with van der Waals surface area (Å²) in [6.45, 7) is 0. The minimum Gasteiger partial charge on any atom is -0.371 e. The first-order valence-corrected chi connectivity index (χ1v) is 9.27. The van der Waals surface area contributed by atoms with Crippen LogP contribution in [0.15, 0.2) is 34.9 Å². The highest BCUT2D eigenvalue weighted by molar-refractivity contribution is 8.03. The standard InChI is InChI=1S/C19H16FN3O2S/c20-13-5-3-12(4-6-13)16(24)11-26-18-14(9-21)17(25)15(10-22)19(23-18)7-1-2-8-19/h3-6,15,23H,1-2,7-8,11H2/t15-/m0/s1. The summed E-state index contributed by atoms with van der Waals surface area (Å²) in [6, 6.07) is 9.17. The summed E-state index contributed by atoms with van der Waals surface area (Å²) < 4.78 is 13.0. The minimum atomic E-state index is -0.878. The van der Waals surface area contributed by atoms with Gasteiger partial charge in [-0.05, 0) is 37.1 Å². The van der Waals surface area contributed by atoms with Crippen LogP contribution in [0.2, 0.25) is 0 Å². The van der Waals surface area contributed by atoms with Crippen LogP contribution in [0.3, 0.4) is 0 Å². The Kier molecular flexibility index (Phi) is 5.11. The van der Waals surface area contributed by atoms with Gasteiger partial charge in [0.2, 0.25) is 0 Å². The number of halogens is 1. The summed E-state index contributed by atoms with van der Waals surface area (Å²) >= 11 is 1.09. The summed E-state index contributed by atoms with van der Waals surface area (Å²) in [4.78, 5) is 24.9. The van der Waals surface area contributed by atoms with E-state index < -0.39 is 23.1 Å². The smallest absolute Gasteiger partial charge is 0.195 e. The number of nitriles is 2. The lowest BCUT2D eigenvalue weighted by Crippen LogP contribution is -2.54. The highest BCUT2D eigenvalue weighted by Crippen LogP contribution is 2.43. The lowest BCUT2D eigenvalue weighted by atomic mass is 9.76. The van der Waals surface area contributed by atoms with Gasteiger partial charge in [0, 0.05) is 5.56 Å². The number of hydrogen-bond donors (Lipinski definition) is 1. The van der Waals surface area contributed by atoms with Crippen LogP contribution in [-0.4, -0.2) is 22.9 Å². The number of allylic oxidation sites excluding steroid dienone is 1. The predicted molar refractivity (Wildman–Crippen MR) is 94.3 cm³/mol. The van der Waals surface area contributed by atoms with E-state index in [-0.39, 0.29) is 17.1 Å². The molecule has 1 aromatic carbocycles. The van der Waals surface area contributed by atoms with Crippen LogP contribution in [0.4, 0.5) is 4.39 Å². The van der Waals surface area contributed by atoms with Crippen molar-refractivity contribution >= 4 is 23.3 Å². The van der Waals surface area contributed by atoms with Crippen molar-refractivity contribution in [3.63, 3.8) is 0 Å². The van der Waals surface area contributed by atoms with E-state index in [1.165, 1.54) is 24.3 Å². The van der Waals surface area contributed by atoms with Gasteiger partial charge < -0.3 is 5.32 Å². The van der Waals surface area contributed by atoms with Crippen molar-refractivity contribution in [1.82, 2.24) is 5.32 Å². The minimum absolute atomic E-state index is 0.0136. The number of benzene rings is 1. The maximum absolute atomic E-state index is 13.0. The van der Waals surface area contributed by atoms with Crippen molar-refractivity contribution in [2.75, 3.05) is 5.75 Å². The summed E-state index contributed by atoms with van der Waals surface area (Å²) in [7, 11) is 0. The molecule has 1 N–H and O–H groups in total. The van der Waals surface area contributed by atoms with Crippen LogP contribution in [-0.2, 0) is 4.79 Å². The van der Waals surface area contributed by atoms with Gasteiger partial charge in [0.05, 0.1) is 22.4 Å². The van der Waals surface area contributed by atoms with Crippen molar-refractivity contribution < 1.29 is 14.0 Å². The zero-order chi connectivity index (χ0) is 18.7. The number of nitrogens with one attached hydrogen (secondary N) is 1. The molecule has 7 heteroatoms. The van der Waals surface area contributed by atoms with Crippen molar-refractivity contribution in [2.45, 2.75) is 31.2 Å². The molecule has 0 radical (unpaired) electrons. The van der Waals surface area contributed by atoms with Gasteiger partial charge in [0.1, 0.15) is 23.4 Å². The Morgan fingerprint density at radius 1 is 1.27 bits per heavy atom. The summed E-state index contributed by atoms with van der Waals surface area (Å²) in [6.07, 6.45) is 3.19. The lowest BCUT2D eigenvalue weighted by molar-refractivity contribution is -0.120. The van der Waals surface area contributed by atoms with Crippen LogP contribution in [0.1, 0.15) is 36.0 Å². The SMILES string of the molecule is N#CC1=C(SCC(=O)c2ccc(F)cc2)NC2(CCCC2)[C@@H](C#N)C1=O. The Hall–Kier alpha value is -2.64. The Morgan fingerprint density at radius 3 is 2.50 bits per heavy atom. The van der Waals surface area contributed by atoms with E-state index >= 15 is 0 Å². The van der Waals surface area contributed by atoms with Gasteiger partial charge in [0.15, 0.2) is 11.6 Å². The van der Waals surface area contributed by atoms with Crippen molar-refractivity contribution in [3.05, 3.63) is 46.2 Å². The predicted octanol–water partition coefficient (Wildman–Crippen LogP) is 3.10. The first-order chi connectivity index (χ1) is 12.5. The van der Waals surface area contributed by atoms with E-state index in [0.717, 1.165) is 24.6 Å². The Morgan fingerprint density at radius 2 is 1.92 bits per heavy atom. The van der Waals surface area contributed by atoms with Crippen LogP contribution < -0.4 is 5.32 Å². The fourth-order valence-electron chi connectivity index (χ4n) is 3.54. The number of Topliss-reactive ketones (excluding diaryl/α,β-unsaturated/α-hetero) is 2. The molecule has 1 aliphatic heterocycles. The van der Waals surface area contributed by atoms with Crippen LogP contribution in [0, 0.1) is 34.4 Å². The molecule has 26 heavy (non-hydrogen) atoms. The Balaban J connectivity index is 1.82. The molecule has 132 valence electrons. The maximum Gasteiger partial charge on any atom is 0.195 e. The molecular weight excluding hydrogens is 353 g/mol. The molecule has 5 nitrogen and oxygen atoms in total. The third-order valence-corrected chi connectivity index (χ3v) is 5.90. The normalized spacial score (nSPS) is 21.2. The summed E-state index contributed by atoms with van der Waals surface area (Å²) in [5, 5.41) is 22.4. The van der Waals surface area contributed by atoms with Gasteiger partial charge in [-0.3, -0.25) is 9.59 Å². The van der Waals surface area contributed by atoms with Crippen molar-refractivity contribution in [2.24, 2.45) is 5.92 Å². The van der Waals surface area contributed by atoms with Gasteiger partial charge in [-0.1, -0.05) is 24.6 Å². The van der Waals surface area contributed by atoms with E-state index in [1.54, 1.807) is 0 Å². The number of rotatable bonds is 4. The fraction of sp³-hybridized carbons (Fsp3) is 0.368. The molecule has 0 saturated heterocycles. The monoisotopic (exact) mass is 369 g/mol. The molecule has 2 aliphatic rings. The number of ketones is 2. The fourth-order valence-corrected chi connectivity index (χ4v) is 4.55. The molecule has 1 aromatic rings. The summed E-state index contributed by atoms with van der Waals surface area (Å²) in [5.41, 5.74) is -0.371. The number of carbonyl (C=O) groups is 2. The van der Waals surface area contributed by atoms with Crippen LogP contribution >= 0.6 is 11.8 Å². The van der Waals surface area contributed by atoms with E-state index in [1.807, 2.05) is 6.07 Å². The quantitative estimate of drug-likeness (QED) is 0.820. The Labute approximate surface area is 154 Å². The van der Waals surface area contributed by atoms with Gasteiger partial charge in [-0.25, -0.2) is 4.39 Å². The summed E-state index contributed by atoms with van der Waals surface area (Å²) in [5.74, 6) is -1.98. The highest BCUT2D eigenvalue weighted by Gasteiger charge is 2.50. The number of nitrogens with zero attached hydrogens (tertiary/aromatic N) is 2. The van der Waals surface area contributed by atoms with Gasteiger partial charge in [-0.2, -0.15) is 10.5 Å². The number of carbonyl (C=O) groups excluding carboxylic acids is 2. The molecule has 1 spiro atoms. The molecule has 1 saturated carbocycles. The number of thioether (sulfide) groups is 1. The van der Waals surface area contributed by atoms with E-state index in [9.17, 15) is 24.5 Å². The van der Waals surface area contributed by atoms with Crippen LogP contribution in [0.5, 0.6) is 0 Å². The number of hydrogen-bond acceptors (Lipinski definition) is 6. The first-order valence-electron chi connectivity index (χ1n) is 8.29. The highest BCUT2D eigenvalue weighted by atomic mass is 32.2. The largest absolute Gasteiger partial charge is 0.371 e.